The third-order valence-corrected chi connectivity index (χ3v) is 3.90. The molecule has 0 radical (unpaired) electrons. The van der Waals surface area contributed by atoms with E-state index in [2.05, 4.69) is 16.8 Å². The van der Waals surface area contributed by atoms with Crippen molar-refractivity contribution in [2.45, 2.75) is 78.1 Å². The second-order valence-corrected chi connectivity index (χ2v) is 6.11. The molecule has 136 valence electrons. The molecule has 1 rings (SSSR count). The van der Waals surface area contributed by atoms with Gasteiger partial charge in [-0.2, -0.15) is 0 Å². The van der Waals surface area contributed by atoms with Gasteiger partial charge in [-0.05, 0) is 6.42 Å². The van der Waals surface area contributed by atoms with Gasteiger partial charge in [0.15, 0.2) is 0 Å². The van der Waals surface area contributed by atoms with Gasteiger partial charge >= 0.3 is 0 Å². The first-order valence-electron chi connectivity index (χ1n) is 9.20. The molecule has 1 aliphatic heterocycles. The van der Waals surface area contributed by atoms with Crippen LogP contribution in [0, 0.1) is 0 Å². The average molecular weight is 328 g/mol. The summed E-state index contributed by atoms with van der Waals surface area (Å²) in [6.07, 6.45) is 13.5. The van der Waals surface area contributed by atoms with E-state index in [1.54, 1.807) is 0 Å². The van der Waals surface area contributed by atoms with E-state index < -0.39 is 5.97 Å². The molecule has 0 amide bonds. The Balaban J connectivity index is 0.00000108. The molecule has 0 spiro atoms. The Morgan fingerprint density at radius 2 is 1.61 bits per heavy atom. The number of hydrogen-bond donors (Lipinski definition) is 2. The first-order valence-corrected chi connectivity index (χ1v) is 9.20. The molecular formula is C18H36N2O3. The highest BCUT2D eigenvalue weighted by molar-refractivity contribution is 5.83. The number of carbonyl (C=O) groups is 1. The Hall–Kier alpha value is -1.10. The first kappa shape index (κ1) is 21.9. The number of unbranched alkanes of at least 4 members (excludes halogenated alkanes) is 8. The molecule has 0 aliphatic carbocycles. The fourth-order valence-electron chi connectivity index (χ4n) is 2.72. The number of aliphatic hydroxyl groups is 1. The molecular weight excluding hydrogens is 292 g/mol. The minimum absolute atomic E-state index is 0.247. The Morgan fingerprint density at radius 1 is 1.09 bits per heavy atom. The second kappa shape index (κ2) is 15.8. The summed E-state index contributed by atoms with van der Waals surface area (Å²) in [6, 6.07) is 0. The van der Waals surface area contributed by atoms with Crippen LogP contribution in [0.3, 0.4) is 0 Å². The molecule has 5 heteroatoms. The minimum Gasteiger partial charge on any atom is -0.481 e. The lowest BCUT2D eigenvalue weighted by Crippen LogP contribution is -2.30. The molecule has 0 aromatic rings. The van der Waals surface area contributed by atoms with Gasteiger partial charge in [0.25, 0.3) is 5.97 Å². The normalized spacial score (nSPS) is 13.5. The summed E-state index contributed by atoms with van der Waals surface area (Å²) < 4.78 is 0. The zero-order chi connectivity index (χ0) is 17.3. The molecule has 0 aromatic heterocycles. The number of aliphatic hydroxyl groups excluding tert-OH is 1. The van der Waals surface area contributed by atoms with Gasteiger partial charge in [0.1, 0.15) is 0 Å². The summed E-state index contributed by atoms with van der Waals surface area (Å²) in [4.78, 5) is 15.8. The number of aliphatic imine (C=N–C) groups is 1. The third kappa shape index (κ3) is 14.2. The molecule has 0 saturated carbocycles. The van der Waals surface area contributed by atoms with E-state index in [0.29, 0.717) is 0 Å². The number of rotatable bonds is 12. The average Bonchev–Trinajstić information content (AvgIpc) is 2.93. The first-order chi connectivity index (χ1) is 11.1. The van der Waals surface area contributed by atoms with E-state index in [-0.39, 0.29) is 6.61 Å². The van der Waals surface area contributed by atoms with Crippen molar-refractivity contribution in [3.8, 4) is 0 Å². The Morgan fingerprint density at radius 3 is 2.13 bits per heavy atom. The van der Waals surface area contributed by atoms with Crippen LogP contribution in [0.5, 0.6) is 0 Å². The summed E-state index contributed by atoms with van der Waals surface area (Å²) in [6.45, 7) is 6.29. The zero-order valence-electron chi connectivity index (χ0n) is 15.1. The highest BCUT2D eigenvalue weighted by Crippen LogP contribution is 2.13. The molecule has 0 fully saturated rings. The fraction of sp³-hybridized carbons (Fsp3) is 0.889. The zero-order valence-corrected chi connectivity index (χ0v) is 15.1. The van der Waals surface area contributed by atoms with E-state index >= 15 is 0 Å². The number of hydrogen-bond acceptors (Lipinski definition) is 4. The molecule has 1 heterocycles. The van der Waals surface area contributed by atoms with Gasteiger partial charge in [-0.1, -0.05) is 58.3 Å². The highest BCUT2D eigenvalue weighted by atomic mass is 16.4. The number of β-amino-alcohol motifs (C(OH)–C–C–N with tert-alkyl or cyclic N) is 1. The monoisotopic (exact) mass is 328 g/mol. The lowest BCUT2D eigenvalue weighted by molar-refractivity contribution is -0.134. The number of carboxylic acids is 1. The largest absolute Gasteiger partial charge is 0.481 e. The van der Waals surface area contributed by atoms with Crippen LogP contribution in [0.4, 0.5) is 0 Å². The van der Waals surface area contributed by atoms with Crippen molar-refractivity contribution in [3.05, 3.63) is 0 Å². The molecule has 0 atom stereocenters. The van der Waals surface area contributed by atoms with Gasteiger partial charge in [-0.25, -0.2) is 0 Å². The number of carboxylic acid groups (broad SMARTS) is 1. The van der Waals surface area contributed by atoms with Gasteiger partial charge in [-0.15, -0.1) is 0 Å². The summed E-state index contributed by atoms with van der Waals surface area (Å²) in [7, 11) is 0. The lowest BCUT2D eigenvalue weighted by atomic mass is 10.1. The summed E-state index contributed by atoms with van der Waals surface area (Å²) in [5.41, 5.74) is 0. The van der Waals surface area contributed by atoms with Crippen molar-refractivity contribution < 1.29 is 15.0 Å². The van der Waals surface area contributed by atoms with Crippen LogP contribution < -0.4 is 0 Å². The quantitative estimate of drug-likeness (QED) is 0.536. The molecule has 0 bridgehead atoms. The van der Waals surface area contributed by atoms with E-state index in [1.807, 2.05) is 0 Å². The Labute approximate surface area is 141 Å². The third-order valence-electron chi connectivity index (χ3n) is 3.90. The van der Waals surface area contributed by atoms with E-state index in [9.17, 15) is 0 Å². The van der Waals surface area contributed by atoms with Gasteiger partial charge in [-0.3, -0.25) is 9.79 Å². The molecule has 0 unspecified atom stereocenters. The fourth-order valence-corrected chi connectivity index (χ4v) is 2.72. The van der Waals surface area contributed by atoms with Crippen LogP contribution in [-0.2, 0) is 4.79 Å². The van der Waals surface area contributed by atoms with Gasteiger partial charge in [0.05, 0.1) is 19.0 Å². The van der Waals surface area contributed by atoms with Crippen LogP contribution in [0.1, 0.15) is 78.1 Å². The maximum absolute atomic E-state index is 9.00. The SMILES string of the molecule is CC(=O)O.CCCCCCCCCCCC1=NCCN1CCO. The van der Waals surface area contributed by atoms with Crippen LogP contribution in [0.25, 0.3) is 0 Å². The number of amidine groups is 1. The van der Waals surface area contributed by atoms with Crippen molar-refractivity contribution >= 4 is 11.8 Å². The molecule has 23 heavy (non-hydrogen) atoms. The molecule has 0 aromatic carbocycles. The van der Waals surface area contributed by atoms with Crippen molar-refractivity contribution in [1.82, 2.24) is 4.90 Å². The van der Waals surface area contributed by atoms with Crippen LogP contribution >= 0.6 is 0 Å². The van der Waals surface area contributed by atoms with E-state index in [1.165, 1.54) is 63.6 Å². The smallest absolute Gasteiger partial charge is 0.300 e. The minimum atomic E-state index is -0.833. The number of aliphatic carboxylic acids is 1. The predicted octanol–water partition coefficient (Wildman–Crippen LogP) is 3.70. The van der Waals surface area contributed by atoms with E-state index in [4.69, 9.17) is 15.0 Å². The van der Waals surface area contributed by atoms with Gasteiger partial charge < -0.3 is 15.1 Å². The highest BCUT2D eigenvalue weighted by Gasteiger charge is 2.14. The maximum atomic E-state index is 9.00. The van der Waals surface area contributed by atoms with Crippen molar-refractivity contribution in [2.24, 2.45) is 4.99 Å². The Bertz CT molecular complexity index is 315. The lowest BCUT2D eigenvalue weighted by Gasteiger charge is -2.18. The molecule has 5 nitrogen and oxygen atoms in total. The standard InChI is InChI=1S/C16H32N2O.C2H4O2/c1-2-3-4-5-6-7-8-9-10-11-16-17-12-13-18(16)14-15-19;1-2(3)4/h19H,2-15H2,1H3;1H3,(H,3,4). The summed E-state index contributed by atoms with van der Waals surface area (Å²) >= 11 is 0. The van der Waals surface area contributed by atoms with Crippen molar-refractivity contribution in [2.75, 3.05) is 26.2 Å². The van der Waals surface area contributed by atoms with Gasteiger partial charge in [0, 0.05) is 26.4 Å². The second-order valence-electron chi connectivity index (χ2n) is 6.11. The van der Waals surface area contributed by atoms with Crippen molar-refractivity contribution in [1.29, 1.82) is 0 Å². The number of nitrogens with zero attached hydrogens (tertiary/aromatic N) is 2. The van der Waals surface area contributed by atoms with Crippen LogP contribution in [-0.4, -0.2) is 53.2 Å². The molecule has 2 N–H and O–H groups in total. The topological polar surface area (TPSA) is 73.1 Å². The summed E-state index contributed by atoms with van der Waals surface area (Å²) in [5, 5.41) is 16.4. The maximum Gasteiger partial charge on any atom is 0.300 e. The predicted molar refractivity (Wildman–Crippen MR) is 96.1 cm³/mol. The van der Waals surface area contributed by atoms with Crippen LogP contribution in [0.2, 0.25) is 0 Å². The molecule has 1 aliphatic rings. The van der Waals surface area contributed by atoms with Gasteiger partial charge in [0.2, 0.25) is 0 Å². The molecule has 0 saturated heterocycles. The summed E-state index contributed by atoms with van der Waals surface area (Å²) in [5.74, 6) is 0.400. The van der Waals surface area contributed by atoms with E-state index in [0.717, 1.165) is 33.0 Å². The Kier molecular flexibility index (Phi) is 15.0. The van der Waals surface area contributed by atoms with Crippen LogP contribution in [0.15, 0.2) is 4.99 Å². The van der Waals surface area contributed by atoms with Crippen molar-refractivity contribution in [3.63, 3.8) is 0 Å².